The topological polar surface area (TPSA) is 46.0 Å². The maximum Gasteiger partial charge on any atom is 0.0834 e. The number of aromatic nitrogens is 2. The summed E-state index contributed by atoms with van der Waals surface area (Å²) in [7, 11) is 0. The predicted octanol–water partition coefficient (Wildman–Crippen LogP) is 2.82. The molecule has 0 radical (unpaired) electrons. The molecular weight excluding hydrogens is 200 g/mol. The molecule has 0 aliphatic carbocycles. The average Bonchev–Trinajstić information content (AvgIpc) is 2.28. The number of aliphatic hydroxyl groups excluding tert-OH is 1. The summed E-state index contributed by atoms with van der Waals surface area (Å²) in [6.07, 6.45) is 2.53. The van der Waals surface area contributed by atoms with E-state index in [-0.39, 0.29) is 5.92 Å². The Morgan fingerprint density at radius 2 is 2.00 bits per heavy atom. The summed E-state index contributed by atoms with van der Waals surface area (Å²) < 4.78 is 0. The van der Waals surface area contributed by atoms with Gasteiger partial charge in [-0.25, -0.2) is 0 Å². The fourth-order valence-electron chi connectivity index (χ4n) is 1.98. The van der Waals surface area contributed by atoms with Gasteiger partial charge in [0.05, 0.1) is 17.5 Å². The molecule has 0 saturated carbocycles. The van der Waals surface area contributed by atoms with Crippen molar-refractivity contribution in [1.82, 2.24) is 10.2 Å². The van der Waals surface area contributed by atoms with Crippen molar-refractivity contribution in [3.63, 3.8) is 0 Å². The second-order valence-electron chi connectivity index (χ2n) is 4.45. The van der Waals surface area contributed by atoms with Crippen LogP contribution in [0.5, 0.6) is 0 Å². The highest BCUT2D eigenvalue weighted by molar-refractivity contribution is 5.23. The molecule has 1 N–H and O–H groups in total. The van der Waals surface area contributed by atoms with E-state index in [1.54, 1.807) is 0 Å². The molecule has 16 heavy (non-hydrogen) atoms. The quantitative estimate of drug-likeness (QED) is 0.833. The minimum absolute atomic E-state index is 0.277. The van der Waals surface area contributed by atoms with Crippen LogP contribution in [0.4, 0.5) is 0 Å². The van der Waals surface area contributed by atoms with Gasteiger partial charge in [0, 0.05) is 5.56 Å². The van der Waals surface area contributed by atoms with Crippen LogP contribution in [0.2, 0.25) is 0 Å². The highest BCUT2D eigenvalue weighted by Gasteiger charge is 2.19. The molecule has 0 saturated heterocycles. The number of rotatable bonds is 5. The number of aliphatic hydroxyl groups is 1. The van der Waals surface area contributed by atoms with Gasteiger partial charge in [-0.1, -0.05) is 27.2 Å². The van der Waals surface area contributed by atoms with Crippen LogP contribution in [-0.2, 0) is 6.42 Å². The Hall–Kier alpha value is -0.960. The van der Waals surface area contributed by atoms with Crippen molar-refractivity contribution in [3.8, 4) is 0 Å². The fraction of sp³-hybridized carbons (Fsp3) is 0.692. The monoisotopic (exact) mass is 222 g/mol. The van der Waals surface area contributed by atoms with Crippen LogP contribution in [0.1, 0.15) is 56.7 Å². The molecule has 2 atom stereocenters. The van der Waals surface area contributed by atoms with E-state index in [4.69, 9.17) is 0 Å². The van der Waals surface area contributed by atoms with Crippen molar-refractivity contribution in [3.05, 3.63) is 23.0 Å². The molecule has 0 bridgehead atoms. The first-order valence-corrected chi connectivity index (χ1v) is 6.11. The summed E-state index contributed by atoms with van der Waals surface area (Å²) in [5, 5.41) is 18.5. The van der Waals surface area contributed by atoms with Gasteiger partial charge in [0.15, 0.2) is 0 Å². The Morgan fingerprint density at radius 3 is 2.56 bits per heavy atom. The standard InChI is InChI=1S/C13H22N2O/c1-5-7-9(3)13(16)11-8-10(4)14-15-12(11)6-2/h8-9,13,16H,5-7H2,1-4H3. The molecule has 0 aliphatic heterocycles. The third-order valence-corrected chi connectivity index (χ3v) is 2.96. The summed E-state index contributed by atoms with van der Waals surface area (Å²) in [4.78, 5) is 0. The Labute approximate surface area is 97.9 Å². The molecule has 0 amide bonds. The van der Waals surface area contributed by atoms with E-state index in [1.807, 2.05) is 19.9 Å². The van der Waals surface area contributed by atoms with E-state index in [2.05, 4.69) is 24.0 Å². The first-order valence-electron chi connectivity index (χ1n) is 6.11. The number of aryl methyl sites for hydroxylation is 2. The summed E-state index contributed by atoms with van der Waals surface area (Å²) in [5.74, 6) is 0.277. The third-order valence-electron chi connectivity index (χ3n) is 2.96. The molecule has 2 unspecified atom stereocenters. The first-order chi connectivity index (χ1) is 7.60. The normalized spacial score (nSPS) is 14.8. The zero-order valence-electron chi connectivity index (χ0n) is 10.7. The molecule has 1 heterocycles. The molecule has 0 fully saturated rings. The van der Waals surface area contributed by atoms with Crippen LogP contribution in [0, 0.1) is 12.8 Å². The number of hydrogen-bond acceptors (Lipinski definition) is 3. The second kappa shape index (κ2) is 5.94. The molecular formula is C13H22N2O. The summed E-state index contributed by atoms with van der Waals surface area (Å²) in [5.41, 5.74) is 2.74. The van der Waals surface area contributed by atoms with E-state index in [1.165, 1.54) is 0 Å². The average molecular weight is 222 g/mol. The highest BCUT2D eigenvalue weighted by atomic mass is 16.3. The molecule has 3 nitrogen and oxygen atoms in total. The maximum absolute atomic E-state index is 10.3. The predicted molar refractivity (Wildman–Crippen MR) is 65.2 cm³/mol. The lowest BCUT2D eigenvalue weighted by Gasteiger charge is -2.20. The Kier molecular flexibility index (Phi) is 4.87. The first kappa shape index (κ1) is 13.1. The van der Waals surface area contributed by atoms with Gasteiger partial charge in [0.25, 0.3) is 0 Å². The highest BCUT2D eigenvalue weighted by Crippen LogP contribution is 2.27. The van der Waals surface area contributed by atoms with Gasteiger partial charge in [0.1, 0.15) is 0 Å². The van der Waals surface area contributed by atoms with Crippen LogP contribution < -0.4 is 0 Å². The van der Waals surface area contributed by atoms with Crippen molar-refractivity contribution in [2.24, 2.45) is 5.92 Å². The summed E-state index contributed by atoms with van der Waals surface area (Å²) in [6, 6.07) is 1.96. The van der Waals surface area contributed by atoms with Crippen LogP contribution in [0.25, 0.3) is 0 Å². The molecule has 0 aliphatic rings. The zero-order valence-corrected chi connectivity index (χ0v) is 10.7. The smallest absolute Gasteiger partial charge is 0.0834 e. The zero-order chi connectivity index (χ0) is 12.1. The third kappa shape index (κ3) is 3.01. The summed E-state index contributed by atoms with van der Waals surface area (Å²) in [6.45, 7) is 8.18. The molecule has 90 valence electrons. The number of hydrogen-bond donors (Lipinski definition) is 1. The van der Waals surface area contributed by atoms with E-state index >= 15 is 0 Å². The van der Waals surface area contributed by atoms with Gasteiger partial charge in [-0.15, -0.1) is 0 Å². The minimum Gasteiger partial charge on any atom is -0.388 e. The molecule has 1 aromatic rings. The van der Waals surface area contributed by atoms with Crippen LogP contribution >= 0.6 is 0 Å². The lowest BCUT2D eigenvalue weighted by molar-refractivity contribution is 0.111. The van der Waals surface area contributed by atoms with Crippen molar-refractivity contribution >= 4 is 0 Å². The lowest BCUT2D eigenvalue weighted by Crippen LogP contribution is -2.13. The van der Waals surface area contributed by atoms with Crippen molar-refractivity contribution in [1.29, 1.82) is 0 Å². The second-order valence-corrected chi connectivity index (χ2v) is 4.45. The van der Waals surface area contributed by atoms with E-state index in [9.17, 15) is 5.11 Å². The lowest BCUT2D eigenvalue weighted by atomic mass is 9.92. The Balaban J connectivity index is 2.96. The molecule has 3 heteroatoms. The summed E-state index contributed by atoms with van der Waals surface area (Å²) >= 11 is 0. The minimum atomic E-state index is -0.413. The van der Waals surface area contributed by atoms with Crippen molar-refractivity contribution in [2.45, 2.75) is 53.1 Å². The van der Waals surface area contributed by atoms with Crippen LogP contribution in [0.3, 0.4) is 0 Å². The Morgan fingerprint density at radius 1 is 1.31 bits per heavy atom. The molecule has 1 rings (SSSR count). The Bertz CT molecular complexity index is 339. The van der Waals surface area contributed by atoms with E-state index in [0.717, 1.165) is 36.2 Å². The van der Waals surface area contributed by atoms with Crippen LogP contribution in [0.15, 0.2) is 6.07 Å². The van der Waals surface area contributed by atoms with Gasteiger partial charge in [-0.05, 0) is 31.7 Å². The van der Waals surface area contributed by atoms with Crippen LogP contribution in [-0.4, -0.2) is 15.3 Å². The van der Waals surface area contributed by atoms with Gasteiger partial charge in [-0.2, -0.15) is 10.2 Å². The largest absolute Gasteiger partial charge is 0.388 e. The van der Waals surface area contributed by atoms with Gasteiger partial charge in [0.2, 0.25) is 0 Å². The molecule has 0 spiro atoms. The maximum atomic E-state index is 10.3. The number of nitrogens with zero attached hydrogens (tertiary/aromatic N) is 2. The molecule has 1 aromatic heterocycles. The van der Waals surface area contributed by atoms with Gasteiger partial charge >= 0.3 is 0 Å². The van der Waals surface area contributed by atoms with Crippen molar-refractivity contribution < 1.29 is 5.11 Å². The SMILES string of the molecule is CCCC(C)C(O)c1cc(C)nnc1CC. The van der Waals surface area contributed by atoms with E-state index < -0.39 is 6.10 Å². The van der Waals surface area contributed by atoms with Gasteiger partial charge in [-0.3, -0.25) is 0 Å². The fourth-order valence-corrected chi connectivity index (χ4v) is 1.98. The van der Waals surface area contributed by atoms with Gasteiger partial charge < -0.3 is 5.11 Å². The van der Waals surface area contributed by atoms with Crippen molar-refractivity contribution in [2.75, 3.05) is 0 Å². The molecule has 0 aromatic carbocycles. The van der Waals surface area contributed by atoms with E-state index in [0.29, 0.717) is 0 Å².